The van der Waals surface area contributed by atoms with Gasteiger partial charge in [-0.25, -0.2) is 4.39 Å². The Morgan fingerprint density at radius 1 is 1.12 bits per heavy atom. The zero-order valence-electron chi connectivity index (χ0n) is 21.7. The molecule has 0 saturated carbocycles. The second kappa shape index (κ2) is 12.9. The van der Waals surface area contributed by atoms with Gasteiger partial charge in [0.1, 0.15) is 30.2 Å². The summed E-state index contributed by atoms with van der Waals surface area (Å²) in [4.78, 5) is 28.2. The molecule has 4 aromatic rings. The molecular weight excluding hydrogens is 530 g/mol. The molecule has 3 N–H and O–H groups in total. The molecule has 0 saturated heterocycles. The summed E-state index contributed by atoms with van der Waals surface area (Å²) in [7, 11) is 3.17. The van der Waals surface area contributed by atoms with Gasteiger partial charge in [0.2, 0.25) is 5.71 Å². The average Bonchev–Trinajstić information content (AvgIpc) is 3.33. The van der Waals surface area contributed by atoms with E-state index in [4.69, 9.17) is 9.68 Å². The predicted molar refractivity (Wildman–Crippen MR) is 142 cm³/mol. The zero-order valence-corrected chi connectivity index (χ0v) is 21.7. The summed E-state index contributed by atoms with van der Waals surface area (Å²) in [6, 6.07) is 14.9. The molecule has 8 nitrogen and oxygen atoms in total. The van der Waals surface area contributed by atoms with Crippen molar-refractivity contribution < 1.29 is 31.6 Å². The first-order valence-corrected chi connectivity index (χ1v) is 11.9. The number of nitrogens with zero attached hydrogens (tertiary/aromatic N) is 2. The van der Waals surface area contributed by atoms with Crippen LogP contribution in [0.1, 0.15) is 27.6 Å². The first kappa shape index (κ1) is 29.8. The molecule has 0 aliphatic carbocycles. The molecule has 1 unspecified atom stereocenters. The van der Waals surface area contributed by atoms with E-state index in [1.165, 1.54) is 43.4 Å². The summed E-state index contributed by atoms with van der Waals surface area (Å²) < 4.78 is 58.0. The quantitative estimate of drug-likeness (QED) is 0.202. The van der Waals surface area contributed by atoms with Gasteiger partial charge in [-0.3, -0.25) is 9.59 Å². The summed E-state index contributed by atoms with van der Waals surface area (Å²) in [6.45, 7) is 0.444. The van der Waals surface area contributed by atoms with E-state index < -0.39 is 24.4 Å². The fourth-order valence-corrected chi connectivity index (χ4v) is 3.56. The van der Waals surface area contributed by atoms with Gasteiger partial charge in [-0.05, 0) is 55.9 Å². The van der Waals surface area contributed by atoms with Crippen molar-refractivity contribution in [2.75, 3.05) is 26.0 Å². The highest BCUT2D eigenvalue weighted by Gasteiger charge is 2.29. The lowest BCUT2D eigenvalue weighted by Crippen LogP contribution is -2.22. The van der Waals surface area contributed by atoms with Crippen LogP contribution in [0.3, 0.4) is 0 Å². The summed E-state index contributed by atoms with van der Waals surface area (Å²) >= 11 is 0. The number of aldehydes is 1. The number of pyridine rings is 1. The van der Waals surface area contributed by atoms with Gasteiger partial charge in [-0.2, -0.15) is 23.4 Å². The Balaban J connectivity index is 0.000000663. The third-order valence-electron chi connectivity index (χ3n) is 5.66. The molecule has 12 heteroatoms. The third kappa shape index (κ3) is 7.21. The Morgan fingerprint density at radius 3 is 2.38 bits per heavy atom. The van der Waals surface area contributed by atoms with Gasteiger partial charge in [0.25, 0.3) is 5.91 Å². The number of carbonyl (C=O) groups excluding carboxylic acids is 2. The first-order chi connectivity index (χ1) is 19.0. The number of rotatable bonds is 7. The van der Waals surface area contributed by atoms with Crippen molar-refractivity contribution in [2.24, 2.45) is 0 Å². The van der Waals surface area contributed by atoms with E-state index in [1.54, 1.807) is 32.2 Å². The van der Waals surface area contributed by atoms with Crippen LogP contribution in [0, 0.1) is 17.1 Å². The van der Waals surface area contributed by atoms with Crippen LogP contribution in [0.2, 0.25) is 0 Å². The second-order valence-electron chi connectivity index (χ2n) is 8.48. The number of anilines is 1. The van der Waals surface area contributed by atoms with E-state index in [-0.39, 0.29) is 39.8 Å². The highest BCUT2D eigenvalue weighted by molar-refractivity contribution is 6.11. The lowest BCUT2D eigenvalue weighted by Gasteiger charge is -2.13. The van der Waals surface area contributed by atoms with Crippen LogP contribution in [0.15, 0.2) is 59.0 Å². The topological polar surface area (TPSA) is 120 Å². The molecular formula is C28H25F4N5O3. The maximum Gasteiger partial charge on any atom is 0.405 e. The van der Waals surface area contributed by atoms with E-state index in [0.717, 1.165) is 0 Å². The van der Waals surface area contributed by atoms with Crippen molar-refractivity contribution in [1.29, 1.82) is 5.26 Å². The molecule has 0 fully saturated rings. The number of carbonyl (C=O) groups is 2. The van der Waals surface area contributed by atoms with E-state index in [0.29, 0.717) is 23.0 Å². The number of hydrogen-bond donors (Lipinski definition) is 3. The largest absolute Gasteiger partial charge is 0.437 e. The molecule has 0 radical (unpaired) electrons. The fraction of sp³-hybridized carbons (Fsp3) is 0.214. The normalized spacial score (nSPS) is 11.7. The highest BCUT2D eigenvalue weighted by atomic mass is 19.4. The Morgan fingerprint density at radius 2 is 1.82 bits per heavy atom. The van der Waals surface area contributed by atoms with E-state index in [2.05, 4.69) is 20.9 Å². The van der Waals surface area contributed by atoms with Crippen LogP contribution in [-0.4, -0.2) is 50.0 Å². The van der Waals surface area contributed by atoms with Crippen molar-refractivity contribution in [3.05, 3.63) is 71.5 Å². The number of hydrogen-bond acceptors (Lipinski definition) is 7. The fourth-order valence-electron chi connectivity index (χ4n) is 3.56. The van der Waals surface area contributed by atoms with Gasteiger partial charge in [0, 0.05) is 23.7 Å². The van der Waals surface area contributed by atoms with Crippen LogP contribution in [0.5, 0.6) is 0 Å². The van der Waals surface area contributed by atoms with Gasteiger partial charge < -0.3 is 20.4 Å². The molecule has 40 heavy (non-hydrogen) atoms. The molecule has 0 spiro atoms. The zero-order chi connectivity index (χ0) is 29.4. The predicted octanol–water partition coefficient (Wildman–Crippen LogP) is 5.57. The molecule has 2 aromatic carbocycles. The molecule has 2 heterocycles. The number of benzene rings is 2. The van der Waals surface area contributed by atoms with Crippen molar-refractivity contribution in [1.82, 2.24) is 15.6 Å². The molecule has 0 bridgehead atoms. The number of nitriles is 1. The summed E-state index contributed by atoms with van der Waals surface area (Å²) in [5, 5.41) is 15.8. The molecule has 4 rings (SSSR count). The molecule has 208 valence electrons. The lowest BCUT2D eigenvalue weighted by atomic mass is 10.0. The van der Waals surface area contributed by atoms with Gasteiger partial charge in [-0.15, -0.1) is 0 Å². The first-order valence-electron chi connectivity index (χ1n) is 11.9. The Kier molecular flexibility index (Phi) is 9.58. The van der Waals surface area contributed by atoms with Crippen LogP contribution in [0.25, 0.3) is 33.6 Å². The maximum absolute atomic E-state index is 13.4. The number of nitrogens with one attached hydrogen (secondary N) is 3. The minimum absolute atomic E-state index is 0.00926. The smallest absolute Gasteiger partial charge is 0.405 e. The van der Waals surface area contributed by atoms with Crippen LogP contribution in [0.4, 0.5) is 23.4 Å². The average molecular weight is 556 g/mol. The number of amides is 1. The van der Waals surface area contributed by atoms with Crippen molar-refractivity contribution in [3.8, 4) is 28.5 Å². The Bertz CT molecular complexity index is 1540. The monoisotopic (exact) mass is 555 g/mol. The van der Waals surface area contributed by atoms with E-state index >= 15 is 0 Å². The van der Waals surface area contributed by atoms with Gasteiger partial charge in [0.15, 0.2) is 0 Å². The molecule has 1 amide bonds. The number of fused-ring (bicyclic) bond motifs is 1. The standard InChI is InChI=1S/C24H17F4N3O3.C4H8N2/c1-29-22(33)19-18-10-17(15-4-2-3-13(9-15)11-32)21(30-12-24(26,27)28)31-23(18)34-20(19)14-5-7-16(25)8-6-14;1-4(3-5)6-2/h2-11H,12H2,1H3,(H,29,33)(H,30,31);4,6H,1-2H3. The van der Waals surface area contributed by atoms with Crippen molar-refractivity contribution in [3.63, 3.8) is 0 Å². The summed E-state index contributed by atoms with van der Waals surface area (Å²) in [5.74, 6) is -1.07. The lowest BCUT2D eigenvalue weighted by molar-refractivity contribution is -0.115. The Hall–Kier alpha value is -4.76. The van der Waals surface area contributed by atoms with Crippen LogP contribution in [-0.2, 0) is 0 Å². The minimum Gasteiger partial charge on any atom is -0.437 e. The van der Waals surface area contributed by atoms with Gasteiger partial charge in [-0.1, -0.05) is 18.2 Å². The molecule has 0 aliphatic heterocycles. The minimum atomic E-state index is -4.52. The number of aromatic nitrogens is 1. The molecule has 0 aliphatic rings. The van der Waals surface area contributed by atoms with Crippen molar-refractivity contribution in [2.45, 2.75) is 19.1 Å². The van der Waals surface area contributed by atoms with E-state index in [1.807, 2.05) is 6.07 Å². The van der Waals surface area contributed by atoms with E-state index in [9.17, 15) is 27.2 Å². The van der Waals surface area contributed by atoms with Crippen LogP contribution >= 0.6 is 0 Å². The number of halogens is 4. The van der Waals surface area contributed by atoms with Gasteiger partial charge in [0.05, 0.1) is 23.1 Å². The third-order valence-corrected chi connectivity index (χ3v) is 5.66. The van der Waals surface area contributed by atoms with Crippen LogP contribution < -0.4 is 16.0 Å². The maximum atomic E-state index is 13.4. The highest BCUT2D eigenvalue weighted by Crippen LogP contribution is 2.38. The summed E-state index contributed by atoms with van der Waals surface area (Å²) in [5.41, 5.74) is 1.34. The molecule has 1 atom stereocenters. The summed E-state index contributed by atoms with van der Waals surface area (Å²) in [6.07, 6.45) is -3.91. The molecule has 2 aromatic heterocycles. The Labute approximate surface area is 227 Å². The number of furan rings is 1. The van der Waals surface area contributed by atoms with Gasteiger partial charge >= 0.3 is 6.18 Å². The number of alkyl halides is 3. The SMILES string of the molecule is CNC(=O)c1c(-c2ccc(F)cc2)oc2nc(NCC(F)(F)F)c(-c3cccc(C=O)c3)cc12.CNC(C)C#N. The second-order valence-corrected chi connectivity index (χ2v) is 8.48. The van der Waals surface area contributed by atoms with Crippen molar-refractivity contribution >= 4 is 29.1 Å².